The Labute approximate surface area is 117 Å². The van der Waals surface area contributed by atoms with E-state index in [4.69, 9.17) is 4.74 Å². The van der Waals surface area contributed by atoms with E-state index in [9.17, 15) is 0 Å². The van der Waals surface area contributed by atoms with Crippen LogP contribution in [0.2, 0.25) is 0 Å². The Balaban J connectivity index is 2.49. The number of nitrogens with one attached hydrogen (secondary N) is 1. The minimum absolute atomic E-state index is 0.185. The van der Waals surface area contributed by atoms with Crippen LogP contribution in [0, 0.1) is 0 Å². The maximum Gasteiger partial charge on any atom is 0.137 e. The summed E-state index contributed by atoms with van der Waals surface area (Å²) < 4.78 is 5.63. The fourth-order valence-electron chi connectivity index (χ4n) is 1.83. The van der Waals surface area contributed by atoms with Crippen LogP contribution in [0.3, 0.4) is 0 Å². The Bertz CT molecular complexity index is 371. The van der Waals surface area contributed by atoms with Crippen LogP contribution < -0.4 is 10.1 Å². The zero-order valence-corrected chi connectivity index (χ0v) is 13.0. The summed E-state index contributed by atoms with van der Waals surface area (Å²) in [6, 6.07) is 2.12. The molecule has 1 aromatic rings. The van der Waals surface area contributed by atoms with Crippen LogP contribution in [0.15, 0.2) is 18.5 Å². The molecule has 19 heavy (non-hydrogen) atoms. The van der Waals surface area contributed by atoms with E-state index in [1.54, 1.807) is 6.20 Å². The molecular formula is C16H28N2O. The molecule has 1 atom stereocenters. The molecule has 0 fully saturated rings. The third-order valence-corrected chi connectivity index (χ3v) is 3.01. The summed E-state index contributed by atoms with van der Waals surface area (Å²) in [6.45, 7) is 12.7. The van der Waals surface area contributed by atoms with Crippen molar-refractivity contribution in [3.05, 3.63) is 24.0 Å². The summed E-state index contributed by atoms with van der Waals surface area (Å²) in [6.07, 6.45) is 5.87. The second kappa shape index (κ2) is 7.49. The molecule has 108 valence electrons. The SMILES string of the molecule is CCCOc1cncc(C(C)CCNC(C)(C)C)c1. The molecule has 0 spiro atoms. The Hall–Kier alpha value is -1.09. The smallest absolute Gasteiger partial charge is 0.137 e. The molecule has 0 saturated carbocycles. The maximum atomic E-state index is 5.63. The van der Waals surface area contributed by atoms with Crippen LogP contribution in [0.4, 0.5) is 0 Å². The number of pyridine rings is 1. The van der Waals surface area contributed by atoms with Crippen LogP contribution in [0.5, 0.6) is 5.75 Å². The zero-order valence-electron chi connectivity index (χ0n) is 13.0. The molecule has 1 unspecified atom stereocenters. The van der Waals surface area contributed by atoms with E-state index in [1.165, 1.54) is 5.56 Å². The van der Waals surface area contributed by atoms with Gasteiger partial charge in [0.15, 0.2) is 0 Å². The normalized spacial score (nSPS) is 13.3. The van der Waals surface area contributed by atoms with E-state index >= 15 is 0 Å². The molecule has 0 radical (unpaired) electrons. The molecular weight excluding hydrogens is 236 g/mol. The van der Waals surface area contributed by atoms with Gasteiger partial charge >= 0.3 is 0 Å². The summed E-state index contributed by atoms with van der Waals surface area (Å²) in [5.74, 6) is 1.38. The first-order valence-corrected chi connectivity index (χ1v) is 7.25. The minimum atomic E-state index is 0.185. The van der Waals surface area contributed by atoms with E-state index < -0.39 is 0 Å². The predicted octanol–water partition coefficient (Wildman–Crippen LogP) is 3.75. The lowest BCUT2D eigenvalue weighted by Crippen LogP contribution is -2.36. The molecule has 3 heteroatoms. The Morgan fingerprint density at radius 1 is 1.32 bits per heavy atom. The highest BCUT2D eigenvalue weighted by Gasteiger charge is 2.11. The van der Waals surface area contributed by atoms with Gasteiger partial charge in [-0.2, -0.15) is 0 Å². The van der Waals surface area contributed by atoms with Crippen LogP contribution in [0.1, 0.15) is 58.9 Å². The lowest BCUT2D eigenvalue weighted by Gasteiger charge is -2.22. The molecule has 3 nitrogen and oxygen atoms in total. The largest absolute Gasteiger partial charge is 0.492 e. The van der Waals surface area contributed by atoms with E-state index in [2.05, 4.69) is 51.0 Å². The molecule has 0 aliphatic rings. The van der Waals surface area contributed by atoms with Gasteiger partial charge in [0.25, 0.3) is 0 Å². The van der Waals surface area contributed by atoms with Gasteiger partial charge < -0.3 is 10.1 Å². The average molecular weight is 264 g/mol. The monoisotopic (exact) mass is 264 g/mol. The van der Waals surface area contributed by atoms with Crippen molar-refractivity contribution in [3.8, 4) is 5.75 Å². The van der Waals surface area contributed by atoms with Crippen LogP contribution in [0.25, 0.3) is 0 Å². The van der Waals surface area contributed by atoms with Crippen molar-refractivity contribution in [2.75, 3.05) is 13.2 Å². The topological polar surface area (TPSA) is 34.1 Å². The van der Waals surface area contributed by atoms with Crippen molar-refractivity contribution in [2.24, 2.45) is 0 Å². The minimum Gasteiger partial charge on any atom is -0.492 e. The van der Waals surface area contributed by atoms with E-state index in [0.29, 0.717) is 5.92 Å². The molecule has 1 rings (SSSR count). The summed E-state index contributed by atoms with van der Waals surface area (Å²) in [4.78, 5) is 4.27. The van der Waals surface area contributed by atoms with Crippen molar-refractivity contribution in [1.29, 1.82) is 0 Å². The molecule has 0 aromatic carbocycles. The van der Waals surface area contributed by atoms with Crippen molar-refractivity contribution < 1.29 is 4.74 Å². The summed E-state index contributed by atoms with van der Waals surface area (Å²) >= 11 is 0. The van der Waals surface area contributed by atoms with Crippen molar-refractivity contribution in [1.82, 2.24) is 10.3 Å². The Morgan fingerprint density at radius 2 is 2.05 bits per heavy atom. The molecule has 1 N–H and O–H groups in total. The van der Waals surface area contributed by atoms with E-state index in [1.807, 2.05) is 6.20 Å². The molecule has 0 amide bonds. The quantitative estimate of drug-likeness (QED) is 0.814. The Morgan fingerprint density at radius 3 is 2.68 bits per heavy atom. The van der Waals surface area contributed by atoms with Gasteiger partial charge in [-0.25, -0.2) is 0 Å². The number of nitrogens with zero attached hydrogens (tertiary/aromatic N) is 1. The van der Waals surface area contributed by atoms with Gasteiger partial charge in [-0.3, -0.25) is 4.98 Å². The van der Waals surface area contributed by atoms with Gasteiger partial charge in [0, 0.05) is 11.7 Å². The number of rotatable bonds is 7. The fraction of sp³-hybridized carbons (Fsp3) is 0.688. The van der Waals surface area contributed by atoms with E-state index in [-0.39, 0.29) is 5.54 Å². The standard InChI is InChI=1S/C16H28N2O/c1-6-9-19-15-10-14(11-17-12-15)13(2)7-8-18-16(3,4)5/h10-13,18H,6-9H2,1-5H3. The first kappa shape index (κ1) is 16.0. The maximum absolute atomic E-state index is 5.63. The molecule has 0 bridgehead atoms. The molecule has 1 heterocycles. The molecule has 0 aliphatic heterocycles. The highest BCUT2D eigenvalue weighted by Crippen LogP contribution is 2.22. The van der Waals surface area contributed by atoms with Crippen molar-refractivity contribution in [2.45, 2.75) is 58.9 Å². The third kappa shape index (κ3) is 6.58. The predicted molar refractivity (Wildman–Crippen MR) is 80.8 cm³/mol. The summed E-state index contributed by atoms with van der Waals surface area (Å²) in [7, 11) is 0. The summed E-state index contributed by atoms with van der Waals surface area (Å²) in [5.41, 5.74) is 1.44. The van der Waals surface area contributed by atoms with Crippen LogP contribution >= 0.6 is 0 Å². The number of hydrogen-bond acceptors (Lipinski definition) is 3. The lowest BCUT2D eigenvalue weighted by molar-refractivity contribution is 0.315. The highest BCUT2D eigenvalue weighted by atomic mass is 16.5. The first-order valence-electron chi connectivity index (χ1n) is 7.25. The van der Waals surface area contributed by atoms with Crippen LogP contribution in [-0.4, -0.2) is 23.7 Å². The number of aromatic nitrogens is 1. The number of hydrogen-bond donors (Lipinski definition) is 1. The first-order chi connectivity index (χ1) is 8.92. The van der Waals surface area contributed by atoms with Gasteiger partial charge in [0.1, 0.15) is 5.75 Å². The van der Waals surface area contributed by atoms with Gasteiger partial charge in [-0.1, -0.05) is 13.8 Å². The highest BCUT2D eigenvalue weighted by molar-refractivity contribution is 5.26. The third-order valence-electron chi connectivity index (χ3n) is 3.01. The average Bonchev–Trinajstić information content (AvgIpc) is 2.35. The van der Waals surface area contributed by atoms with E-state index in [0.717, 1.165) is 31.7 Å². The Kier molecular flexibility index (Phi) is 6.29. The van der Waals surface area contributed by atoms with Gasteiger partial charge in [0.2, 0.25) is 0 Å². The molecule has 0 aliphatic carbocycles. The number of ether oxygens (including phenoxy) is 1. The fourth-order valence-corrected chi connectivity index (χ4v) is 1.83. The van der Waals surface area contributed by atoms with Crippen LogP contribution in [-0.2, 0) is 0 Å². The molecule has 1 aromatic heterocycles. The van der Waals surface area contributed by atoms with Gasteiger partial charge in [0.05, 0.1) is 12.8 Å². The summed E-state index contributed by atoms with van der Waals surface area (Å²) in [5, 5.41) is 3.52. The van der Waals surface area contributed by atoms with Gasteiger partial charge in [-0.15, -0.1) is 0 Å². The lowest BCUT2D eigenvalue weighted by atomic mass is 9.98. The van der Waals surface area contributed by atoms with Gasteiger partial charge in [-0.05, 0) is 57.7 Å². The van der Waals surface area contributed by atoms with Crippen molar-refractivity contribution in [3.63, 3.8) is 0 Å². The zero-order chi connectivity index (χ0) is 14.3. The molecule has 0 saturated heterocycles. The second-order valence-electron chi connectivity index (χ2n) is 6.17. The second-order valence-corrected chi connectivity index (χ2v) is 6.17. The van der Waals surface area contributed by atoms with Crippen molar-refractivity contribution >= 4 is 0 Å².